The van der Waals surface area contributed by atoms with Gasteiger partial charge in [0, 0.05) is 32.6 Å². The Balaban J connectivity index is 0.00000220. The molecule has 21 heavy (non-hydrogen) atoms. The summed E-state index contributed by atoms with van der Waals surface area (Å²) in [4.78, 5) is 13.8. The number of methoxy groups -OCH3 is 1. The summed E-state index contributed by atoms with van der Waals surface area (Å²) in [5.74, 6) is 1.19. The summed E-state index contributed by atoms with van der Waals surface area (Å²) in [5.41, 5.74) is 1.20. The van der Waals surface area contributed by atoms with Crippen molar-refractivity contribution in [1.29, 1.82) is 0 Å². The van der Waals surface area contributed by atoms with Crippen molar-refractivity contribution < 1.29 is 9.53 Å². The van der Waals surface area contributed by atoms with Gasteiger partial charge >= 0.3 is 0 Å². The van der Waals surface area contributed by atoms with Gasteiger partial charge < -0.3 is 15.0 Å². The quantitative estimate of drug-likeness (QED) is 0.821. The second-order valence-corrected chi connectivity index (χ2v) is 5.22. The van der Waals surface area contributed by atoms with Gasteiger partial charge in [-0.15, -0.1) is 12.4 Å². The van der Waals surface area contributed by atoms with Crippen molar-refractivity contribution in [1.82, 2.24) is 10.2 Å². The Morgan fingerprint density at radius 3 is 2.95 bits per heavy atom. The Labute approximate surface area is 133 Å². The fourth-order valence-corrected chi connectivity index (χ4v) is 2.50. The zero-order valence-electron chi connectivity index (χ0n) is 12.6. The number of hydrogen-bond acceptors (Lipinski definition) is 3. The lowest BCUT2D eigenvalue weighted by atomic mass is 10.2. The average molecular weight is 313 g/mol. The zero-order chi connectivity index (χ0) is 14.2. The van der Waals surface area contributed by atoms with E-state index in [4.69, 9.17) is 4.74 Å². The first kappa shape index (κ1) is 17.8. The number of halogens is 1. The van der Waals surface area contributed by atoms with Crippen LogP contribution in [0.4, 0.5) is 0 Å². The average Bonchev–Trinajstić information content (AvgIpc) is 2.69. The highest BCUT2D eigenvalue weighted by molar-refractivity contribution is 5.85. The Morgan fingerprint density at radius 1 is 1.29 bits per heavy atom. The van der Waals surface area contributed by atoms with Crippen molar-refractivity contribution in [2.45, 2.75) is 32.2 Å². The molecular weight excluding hydrogens is 288 g/mol. The highest BCUT2D eigenvalue weighted by Gasteiger charge is 2.15. The minimum atomic E-state index is 0. The van der Waals surface area contributed by atoms with Gasteiger partial charge in [0.15, 0.2) is 0 Å². The minimum absolute atomic E-state index is 0. The Morgan fingerprint density at radius 2 is 2.14 bits per heavy atom. The van der Waals surface area contributed by atoms with Crippen molar-refractivity contribution in [2.24, 2.45) is 0 Å². The molecule has 1 aromatic rings. The fourth-order valence-electron chi connectivity index (χ4n) is 2.50. The van der Waals surface area contributed by atoms with Gasteiger partial charge in [-0.3, -0.25) is 4.79 Å². The monoisotopic (exact) mass is 312 g/mol. The van der Waals surface area contributed by atoms with Gasteiger partial charge in [-0.2, -0.15) is 0 Å². The largest absolute Gasteiger partial charge is 0.497 e. The molecule has 0 aromatic heterocycles. The van der Waals surface area contributed by atoms with Crippen molar-refractivity contribution in [3.63, 3.8) is 0 Å². The molecule has 4 nitrogen and oxygen atoms in total. The third-order valence-electron chi connectivity index (χ3n) is 3.69. The highest BCUT2D eigenvalue weighted by Crippen LogP contribution is 2.12. The van der Waals surface area contributed by atoms with E-state index in [1.165, 1.54) is 12.0 Å². The molecule has 0 unspecified atom stereocenters. The maximum Gasteiger partial charge on any atom is 0.222 e. The second kappa shape index (κ2) is 9.64. The first-order valence-electron chi connectivity index (χ1n) is 7.41. The van der Waals surface area contributed by atoms with Crippen LogP contribution < -0.4 is 10.1 Å². The molecule has 1 amide bonds. The first-order valence-corrected chi connectivity index (χ1v) is 7.41. The molecule has 2 rings (SSSR count). The van der Waals surface area contributed by atoms with E-state index in [2.05, 4.69) is 11.4 Å². The smallest absolute Gasteiger partial charge is 0.222 e. The number of nitrogens with one attached hydrogen (secondary N) is 1. The van der Waals surface area contributed by atoms with E-state index < -0.39 is 0 Å². The van der Waals surface area contributed by atoms with E-state index in [1.54, 1.807) is 7.11 Å². The molecule has 1 aromatic carbocycles. The number of rotatable bonds is 6. The van der Waals surface area contributed by atoms with Crippen LogP contribution in [-0.2, 0) is 11.3 Å². The molecule has 1 saturated heterocycles. The van der Waals surface area contributed by atoms with Crippen LogP contribution in [0.1, 0.15) is 31.2 Å². The molecule has 0 aliphatic carbocycles. The van der Waals surface area contributed by atoms with Crippen molar-refractivity contribution >= 4 is 18.3 Å². The van der Waals surface area contributed by atoms with E-state index in [1.807, 2.05) is 23.1 Å². The van der Waals surface area contributed by atoms with Crippen LogP contribution in [0, 0.1) is 0 Å². The molecule has 1 fully saturated rings. The lowest BCUT2D eigenvalue weighted by Gasteiger charge is -2.20. The van der Waals surface area contributed by atoms with Crippen LogP contribution in [0.5, 0.6) is 5.75 Å². The summed E-state index contributed by atoms with van der Waals surface area (Å²) in [7, 11) is 1.68. The van der Waals surface area contributed by atoms with Crippen molar-refractivity contribution in [3.05, 3.63) is 29.8 Å². The number of hydrogen-bond donors (Lipinski definition) is 1. The predicted molar refractivity (Wildman–Crippen MR) is 87.0 cm³/mol. The van der Waals surface area contributed by atoms with Crippen LogP contribution in [0.3, 0.4) is 0 Å². The second-order valence-electron chi connectivity index (χ2n) is 5.22. The van der Waals surface area contributed by atoms with E-state index in [0.717, 1.165) is 51.2 Å². The molecule has 0 radical (unpaired) electrons. The van der Waals surface area contributed by atoms with Gasteiger partial charge in [0.05, 0.1) is 7.11 Å². The molecule has 0 atom stereocenters. The molecule has 0 bridgehead atoms. The van der Waals surface area contributed by atoms with Gasteiger partial charge in [0.1, 0.15) is 5.75 Å². The van der Waals surface area contributed by atoms with Crippen LogP contribution >= 0.6 is 12.4 Å². The zero-order valence-corrected chi connectivity index (χ0v) is 13.5. The summed E-state index contributed by atoms with van der Waals surface area (Å²) in [6, 6.07) is 8.05. The van der Waals surface area contributed by atoms with Crippen LogP contribution in [0.2, 0.25) is 0 Å². The third-order valence-corrected chi connectivity index (χ3v) is 3.69. The summed E-state index contributed by atoms with van der Waals surface area (Å²) in [6.07, 6.45) is 4.09. The van der Waals surface area contributed by atoms with Crippen molar-refractivity contribution in [3.8, 4) is 5.75 Å². The number of benzene rings is 1. The Bertz CT molecular complexity index is 440. The molecule has 118 valence electrons. The number of carbonyl (C=O) groups excluding carboxylic acids is 1. The number of ether oxygens (including phenoxy) is 1. The maximum atomic E-state index is 11.8. The molecule has 1 aliphatic rings. The topological polar surface area (TPSA) is 41.6 Å². The summed E-state index contributed by atoms with van der Waals surface area (Å²) >= 11 is 0. The minimum Gasteiger partial charge on any atom is -0.497 e. The molecule has 0 spiro atoms. The van der Waals surface area contributed by atoms with E-state index in [9.17, 15) is 4.79 Å². The van der Waals surface area contributed by atoms with E-state index in [-0.39, 0.29) is 12.4 Å². The van der Waals surface area contributed by atoms with Gasteiger partial charge in [-0.1, -0.05) is 18.6 Å². The Kier molecular flexibility index (Phi) is 8.16. The standard InChI is InChI=1S/C16H24N2O2.ClH/c1-20-15-7-5-6-14(12-15)13-17-9-11-18-10-4-2-3-8-16(18)19;/h5-7,12,17H,2-4,8-11,13H2,1H3;1H. The summed E-state index contributed by atoms with van der Waals surface area (Å²) < 4.78 is 5.20. The first-order chi connectivity index (χ1) is 9.79. The molecule has 0 saturated carbocycles. The number of amides is 1. The molecule has 1 heterocycles. The van der Waals surface area contributed by atoms with Gasteiger partial charge in [0.25, 0.3) is 0 Å². The molecule has 1 aliphatic heterocycles. The number of carbonyl (C=O) groups is 1. The normalized spacial score (nSPS) is 15.3. The SMILES string of the molecule is COc1cccc(CNCCN2CCCCCC2=O)c1.Cl. The fraction of sp³-hybridized carbons (Fsp3) is 0.562. The predicted octanol–water partition coefficient (Wildman–Crippen LogP) is 2.61. The van der Waals surface area contributed by atoms with Crippen LogP contribution in [0.25, 0.3) is 0 Å². The molecular formula is C16H25ClN2O2. The van der Waals surface area contributed by atoms with Crippen LogP contribution in [0.15, 0.2) is 24.3 Å². The highest BCUT2D eigenvalue weighted by atomic mass is 35.5. The molecule has 5 heteroatoms. The van der Waals surface area contributed by atoms with E-state index >= 15 is 0 Å². The molecule has 1 N–H and O–H groups in total. The lowest BCUT2D eigenvalue weighted by molar-refractivity contribution is -0.130. The summed E-state index contributed by atoms with van der Waals surface area (Å²) in [5, 5.41) is 3.39. The Hall–Kier alpha value is -1.26. The lowest BCUT2D eigenvalue weighted by Crippen LogP contribution is -2.36. The van der Waals surface area contributed by atoms with Gasteiger partial charge in [0.2, 0.25) is 5.91 Å². The van der Waals surface area contributed by atoms with Crippen molar-refractivity contribution in [2.75, 3.05) is 26.7 Å². The number of nitrogens with zero attached hydrogens (tertiary/aromatic N) is 1. The van der Waals surface area contributed by atoms with E-state index in [0.29, 0.717) is 5.91 Å². The van der Waals surface area contributed by atoms with Gasteiger partial charge in [-0.25, -0.2) is 0 Å². The van der Waals surface area contributed by atoms with Gasteiger partial charge in [-0.05, 0) is 30.5 Å². The van der Waals surface area contributed by atoms with Crippen LogP contribution in [-0.4, -0.2) is 37.6 Å². The number of likely N-dealkylation sites (tertiary alicyclic amines) is 1. The maximum absolute atomic E-state index is 11.8. The third kappa shape index (κ3) is 5.94. The summed E-state index contributed by atoms with van der Waals surface area (Å²) in [6.45, 7) is 3.37.